The number of ether oxygens (including phenoxy) is 1. The lowest BCUT2D eigenvalue weighted by Gasteiger charge is -2.32. The van der Waals surface area contributed by atoms with Gasteiger partial charge in [-0.3, -0.25) is 10.1 Å². The van der Waals surface area contributed by atoms with Gasteiger partial charge in [-0.15, -0.1) is 0 Å². The molecule has 1 saturated carbocycles. The Hall–Kier alpha value is -3.98. The molecule has 41 heavy (non-hydrogen) atoms. The maximum Gasteiger partial charge on any atom is 0.412 e. The minimum absolute atomic E-state index is 0.221. The van der Waals surface area contributed by atoms with Crippen LogP contribution in [0.2, 0.25) is 5.02 Å². The van der Waals surface area contributed by atoms with Crippen LogP contribution in [0.5, 0.6) is 0 Å². The number of hydrogen-bond acceptors (Lipinski definition) is 6. The Morgan fingerprint density at radius 2 is 1.76 bits per heavy atom. The van der Waals surface area contributed by atoms with Crippen LogP contribution in [0.15, 0.2) is 60.8 Å². The van der Waals surface area contributed by atoms with Crippen molar-refractivity contribution in [2.75, 3.05) is 10.6 Å². The molecule has 0 saturated heterocycles. The van der Waals surface area contributed by atoms with E-state index >= 15 is 0 Å². The van der Waals surface area contributed by atoms with Crippen LogP contribution < -0.4 is 16.0 Å². The van der Waals surface area contributed by atoms with E-state index in [0.717, 1.165) is 17.6 Å². The van der Waals surface area contributed by atoms with Crippen molar-refractivity contribution in [1.82, 2.24) is 15.3 Å². The number of carbonyl (C=O) groups is 2. The molecule has 3 atom stereocenters. The number of allylic oxidation sites excluding steroid dienone is 1. The monoisotopic (exact) mass is 577 g/mol. The highest BCUT2D eigenvalue weighted by atomic mass is 35.5. The van der Waals surface area contributed by atoms with Crippen LogP contribution in [0.25, 0.3) is 5.57 Å². The lowest BCUT2D eigenvalue weighted by Crippen LogP contribution is -2.45. The number of nitrogens with zero attached hydrogens (tertiary/aromatic N) is 2. The molecule has 1 aromatic heterocycles. The van der Waals surface area contributed by atoms with Crippen molar-refractivity contribution in [3.63, 3.8) is 0 Å². The zero-order chi connectivity index (χ0) is 29.1. The maximum absolute atomic E-state index is 14.8. The van der Waals surface area contributed by atoms with Crippen molar-refractivity contribution in [2.45, 2.75) is 70.3 Å². The summed E-state index contributed by atoms with van der Waals surface area (Å²) < 4.78 is 20.0. The number of halogens is 2. The molecular weight excluding hydrogens is 545 g/mol. The van der Waals surface area contributed by atoms with Crippen LogP contribution in [0.4, 0.5) is 20.8 Å². The summed E-state index contributed by atoms with van der Waals surface area (Å²) >= 11 is 6.48. The number of benzene rings is 2. The summed E-state index contributed by atoms with van der Waals surface area (Å²) in [5, 5.41) is 9.29. The van der Waals surface area contributed by atoms with E-state index in [1.165, 1.54) is 5.56 Å². The second-order valence-electron chi connectivity index (χ2n) is 11.4. The number of carbonyl (C=O) groups excluding carboxylic acids is 2. The Labute approximate surface area is 243 Å². The van der Waals surface area contributed by atoms with Crippen molar-refractivity contribution in [3.05, 3.63) is 88.2 Å². The van der Waals surface area contributed by atoms with Crippen molar-refractivity contribution < 1.29 is 18.7 Å². The first-order valence-electron chi connectivity index (χ1n) is 13.7. The number of anilines is 2. The van der Waals surface area contributed by atoms with Crippen LogP contribution in [-0.4, -0.2) is 45.8 Å². The molecule has 1 heterocycles. The molecule has 5 rings (SSSR count). The summed E-state index contributed by atoms with van der Waals surface area (Å²) in [6.07, 6.45) is 3.82. The predicted molar refractivity (Wildman–Crippen MR) is 158 cm³/mol. The Kier molecular flexibility index (Phi) is 8.26. The second kappa shape index (κ2) is 11.9. The van der Waals surface area contributed by atoms with Gasteiger partial charge in [-0.05, 0) is 81.8 Å². The second-order valence-corrected chi connectivity index (χ2v) is 11.8. The Morgan fingerprint density at radius 1 is 1.02 bits per heavy atom. The van der Waals surface area contributed by atoms with Crippen molar-refractivity contribution in [1.29, 1.82) is 0 Å². The summed E-state index contributed by atoms with van der Waals surface area (Å²) in [6.45, 7) is 5.33. The fourth-order valence-corrected chi connectivity index (χ4v) is 5.39. The number of hydrogen-bond donors (Lipinski definition) is 3. The van der Waals surface area contributed by atoms with Crippen LogP contribution in [0.1, 0.15) is 67.2 Å². The molecule has 10 heteroatoms. The molecule has 0 bridgehead atoms. The molecule has 2 aliphatic carbocycles. The molecule has 0 spiro atoms. The van der Waals surface area contributed by atoms with Gasteiger partial charge in [0.05, 0.1) is 16.9 Å². The molecule has 0 aliphatic heterocycles. The number of alkyl halides is 1. The van der Waals surface area contributed by atoms with E-state index in [2.05, 4.69) is 38.1 Å². The molecule has 0 radical (unpaired) electrons. The summed E-state index contributed by atoms with van der Waals surface area (Å²) in [5.74, 6) is 0.0514. The molecule has 2 amide bonds. The lowest BCUT2D eigenvalue weighted by molar-refractivity contribution is 0.0635. The molecule has 2 aromatic carbocycles. The smallest absolute Gasteiger partial charge is 0.412 e. The quantitative estimate of drug-likeness (QED) is 0.306. The van der Waals surface area contributed by atoms with Crippen molar-refractivity contribution >= 4 is 40.8 Å². The fraction of sp³-hybridized carbons (Fsp3) is 0.355. The van der Waals surface area contributed by atoms with Crippen LogP contribution >= 0.6 is 11.6 Å². The summed E-state index contributed by atoms with van der Waals surface area (Å²) in [6, 6.07) is 13.9. The van der Waals surface area contributed by atoms with Gasteiger partial charge >= 0.3 is 6.09 Å². The summed E-state index contributed by atoms with van der Waals surface area (Å²) in [5.41, 5.74) is 4.19. The summed E-state index contributed by atoms with van der Waals surface area (Å²) in [4.78, 5) is 33.9. The van der Waals surface area contributed by atoms with Gasteiger partial charge < -0.3 is 15.4 Å². The minimum atomic E-state index is -1.09. The average Bonchev–Trinajstić information content (AvgIpc) is 3.33. The molecule has 3 unspecified atom stereocenters. The highest BCUT2D eigenvalue weighted by Gasteiger charge is 2.31. The van der Waals surface area contributed by atoms with Gasteiger partial charge in [0.2, 0.25) is 5.95 Å². The standard InChI is InChI=1S/C31H33ClFN5O3/c1-31(2,3)41-30(40)37-21-11-8-19(9-12-21)28(39)35-22-14-20(33)15-23(16-22)36-29-34-17-26(32)27(38-29)25-13-10-18-6-4-5-7-24(18)25/h4-9,11-13,17,20,22-23H,10,14-16H2,1-3H3,(H,35,39)(H,37,40)(H,34,36,38). The van der Waals surface area contributed by atoms with Crippen LogP contribution in [0.3, 0.4) is 0 Å². The maximum atomic E-state index is 14.8. The Morgan fingerprint density at radius 3 is 2.51 bits per heavy atom. The third kappa shape index (κ3) is 7.21. The van der Waals surface area contributed by atoms with Gasteiger partial charge in [-0.1, -0.05) is 41.9 Å². The van der Waals surface area contributed by atoms with E-state index in [0.29, 0.717) is 34.3 Å². The summed E-state index contributed by atoms with van der Waals surface area (Å²) in [7, 11) is 0. The largest absolute Gasteiger partial charge is 0.444 e. The molecular formula is C31H33ClFN5O3. The van der Waals surface area contributed by atoms with E-state index in [9.17, 15) is 14.0 Å². The van der Waals surface area contributed by atoms with Gasteiger partial charge in [0.25, 0.3) is 5.91 Å². The highest BCUT2D eigenvalue weighted by Crippen LogP contribution is 2.35. The van der Waals surface area contributed by atoms with Crippen LogP contribution in [0, 0.1) is 0 Å². The van der Waals surface area contributed by atoms with Gasteiger partial charge in [0.1, 0.15) is 11.8 Å². The van der Waals surface area contributed by atoms with E-state index in [-0.39, 0.29) is 30.8 Å². The van der Waals surface area contributed by atoms with Gasteiger partial charge in [-0.2, -0.15) is 0 Å². The van der Waals surface area contributed by atoms with Gasteiger partial charge in [0.15, 0.2) is 0 Å². The highest BCUT2D eigenvalue weighted by molar-refractivity contribution is 6.32. The first-order chi connectivity index (χ1) is 19.5. The SMILES string of the molecule is CC(C)(C)OC(=O)Nc1ccc(C(=O)NC2CC(F)CC(Nc3ncc(Cl)c(C4=CCc5ccccc54)n3)C2)cc1. The van der Waals surface area contributed by atoms with Gasteiger partial charge in [-0.25, -0.2) is 19.2 Å². The molecule has 1 fully saturated rings. The predicted octanol–water partition coefficient (Wildman–Crippen LogP) is 6.57. The molecule has 8 nitrogen and oxygen atoms in total. The Bertz CT molecular complexity index is 1470. The van der Waals surface area contributed by atoms with Crippen molar-refractivity contribution in [2.24, 2.45) is 0 Å². The topological polar surface area (TPSA) is 105 Å². The minimum Gasteiger partial charge on any atom is -0.444 e. The van der Waals surface area contributed by atoms with Gasteiger partial charge in [0, 0.05) is 28.9 Å². The average molecular weight is 578 g/mol. The lowest BCUT2D eigenvalue weighted by atomic mass is 9.89. The van der Waals surface area contributed by atoms with Crippen molar-refractivity contribution in [3.8, 4) is 0 Å². The zero-order valence-electron chi connectivity index (χ0n) is 23.2. The first-order valence-corrected chi connectivity index (χ1v) is 14.0. The molecule has 3 N–H and O–H groups in total. The molecule has 3 aromatic rings. The van der Waals surface area contributed by atoms with E-state index < -0.39 is 17.9 Å². The normalized spacial score (nSPS) is 20.0. The van der Waals surface area contributed by atoms with E-state index in [1.54, 1.807) is 51.2 Å². The van der Waals surface area contributed by atoms with Crippen LogP contribution in [-0.2, 0) is 11.2 Å². The fourth-order valence-electron chi connectivity index (χ4n) is 5.20. The third-order valence-electron chi connectivity index (χ3n) is 6.94. The first kappa shape index (κ1) is 28.5. The number of rotatable bonds is 6. The number of fused-ring (bicyclic) bond motifs is 1. The number of nitrogens with one attached hydrogen (secondary N) is 3. The van der Waals surface area contributed by atoms with E-state index in [1.807, 2.05) is 18.2 Å². The zero-order valence-corrected chi connectivity index (χ0v) is 24.0. The third-order valence-corrected chi connectivity index (χ3v) is 7.22. The molecule has 2 aliphatic rings. The Balaban J connectivity index is 1.20. The number of aromatic nitrogens is 2. The molecule has 214 valence electrons. The number of amides is 2. The van der Waals surface area contributed by atoms with E-state index in [4.69, 9.17) is 16.3 Å².